The van der Waals surface area contributed by atoms with Crippen LogP contribution >= 0.6 is 0 Å². The van der Waals surface area contributed by atoms with Crippen LogP contribution in [0.5, 0.6) is 0 Å². The van der Waals surface area contributed by atoms with Gasteiger partial charge in [0.25, 0.3) is 5.56 Å². The molecule has 0 aromatic carbocycles. The number of ether oxygens (including phenoxy) is 1. The average Bonchev–Trinajstić information content (AvgIpc) is 2.64. The molecule has 0 spiro atoms. The Morgan fingerprint density at radius 1 is 1.36 bits per heavy atom. The third-order valence-corrected chi connectivity index (χ3v) is 5.04. The van der Waals surface area contributed by atoms with Gasteiger partial charge in [0, 0.05) is 19.3 Å². The van der Waals surface area contributed by atoms with Crippen molar-refractivity contribution >= 4 is 5.91 Å². The van der Waals surface area contributed by atoms with Gasteiger partial charge in [-0.25, -0.2) is 9.36 Å². The minimum Gasteiger partial charge on any atom is -0.374 e. The minimum absolute atomic E-state index is 0.0123. The van der Waals surface area contributed by atoms with Gasteiger partial charge < -0.3 is 9.64 Å². The molecule has 1 aromatic heterocycles. The van der Waals surface area contributed by atoms with Crippen LogP contribution in [0.15, 0.2) is 15.8 Å². The number of rotatable bonds is 3. The van der Waals surface area contributed by atoms with Gasteiger partial charge in [-0.15, -0.1) is 0 Å². The van der Waals surface area contributed by atoms with Gasteiger partial charge in [0.1, 0.15) is 18.2 Å². The fourth-order valence-corrected chi connectivity index (χ4v) is 3.73. The number of carbonyl (C=O) groups is 1. The Hall–Kier alpha value is -2.40. The Kier molecular flexibility index (Phi) is 5.04. The molecule has 1 saturated heterocycles. The number of carbonyl (C=O) groups excluding carboxylic acids is 1. The molecule has 1 saturated carbocycles. The van der Waals surface area contributed by atoms with Crippen LogP contribution in [-0.2, 0) is 22.6 Å². The molecule has 3 rings (SSSR count). The lowest BCUT2D eigenvalue weighted by molar-refractivity contribution is -0.150. The molecule has 134 valence electrons. The molecule has 2 aliphatic rings. The predicted molar refractivity (Wildman–Crippen MR) is 89.1 cm³/mol. The minimum atomic E-state index is -0.709. The number of nitriles is 1. The summed E-state index contributed by atoms with van der Waals surface area (Å²) in [6.45, 7) is 2.67. The summed E-state index contributed by atoms with van der Waals surface area (Å²) in [4.78, 5) is 39.3. The van der Waals surface area contributed by atoms with Crippen molar-refractivity contribution in [3.8, 4) is 6.07 Å². The lowest BCUT2D eigenvalue weighted by atomic mass is 9.90. The molecule has 8 nitrogen and oxygen atoms in total. The van der Waals surface area contributed by atoms with Crippen molar-refractivity contribution in [3.05, 3.63) is 32.6 Å². The fraction of sp³-hybridized carbons (Fsp3) is 0.647. The average molecular weight is 346 g/mol. The lowest BCUT2D eigenvalue weighted by Crippen LogP contribution is -2.56. The topological polar surface area (TPSA) is 97.3 Å². The number of amides is 1. The van der Waals surface area contributed by atoms with Crippen molar-refractivity contribution < 1.29 is 9.53 Å². The SMILES string of the molecule is CCn1cc(C#N)c(=O)n(CC(=O)N2CCOC3CCCCC32)c1=O. The van der Waals surface area contributed by atoms with Gasteiger partial charge in [0.2, 0.25) is 5.91 Å². The summed E-state index contributed by atoms with van der Waals surface area (Å²) in [7, 11) is 0. The quantitative estimate of drug-likeness (QED) is 0.771. The van der Waals surface area contributed by atoms with Crippen LogP contribution in [0.1, 0.15) is 38.2 Å². The van der Waals surface area contributed by atoms with Crippen molar-refractivity contribution in [3.63, 3.8) is 0 Å². The van der Waals surface area contributed by atoms with Crippen LogP contribution in [0, 0.1) is 11.3 Å². The van der Waals surface area contributed by atoms with Crippen LogP contribution in [0.2, 0.25) is 0 Å². The van der Waals surface area contributed by atoms with E-state index in [2.05, 4.69) is 0 Å². The molecular weight excluding hydrogens is 324 g/mol. The summed E-state index contributed by atoms with van der Waals surface area (Å²) in [5.41, 5.74) is -1.40. The second-order valence-electron chi connectivity index (χ2n) is 6.46. The molecule has 1 aliphatic carbocycles. The Bertz CT molecular complexity index is 817. The molecule has 0 N–H and O–H groups in total. The van der Waals surface area contributed by atoms with Gasteiger partial charge in [-0.3, -0.25) is 14.2 Å². The van der Waals surface area contributed by atoms with Gasteiger partial charge >= 0.3 is 5.69 Å². The summed E-state index contributed by atoms with van der Waals surface area (Å²) in [6, 6.07) is 1.81. The van der Waals surface area contributed by atoms with E-state index in [4.69, 9.17) is 10.00 Å². The van der Waals surface area contributed by atoms with E-state index < -0.39 is 11.2 Å². The molecule has 8 heteroatoms. The summed E-state index contributed by atoms with van der Waals surface area (Å²) < 4.78 is 7.91. The summed E-state index contributed by atoms with van der Waals surface area (Å²) in [6.07, 6.45) is 5.23. The smallest absolute Gasteiger partial charge is 0.331 e. The molecule has 1 amide bonds. The molecule has 1 aliphatic heterocycles. The van der Waals surface area contributed by atoms with E-state index in [1.54, 1.807) is 17.9 Å². The largest absolute Gasteiger partial charge is 0.374 e. The summed E-state index contributed by atoms with van der Waals surface area (Å²) >= 11 is 0. The monoisotopic (exact) mass is 346 g/mol. The van der Waals surface area contributed by atoms with Crippen molar-refractivity contribution in [2.45, 2.75) is 57.8 Å². The van der Waals surface area contributed by atoms with Crippen LogP contribution < -0.4 is 11.2 Å². The lowest BCUT2D eigenvalue weighted by Gasteiger charge is -2.43. The van der Waals surface area contributed by atoms with E-state index >= 15 is 0 Å². The second kappa shape index (κ2) is 7.23. The Labute approximate surface area is 145 Å². The standard InChI is InChI=1S/C17H22N4O4/c1-2-19-10-12(9-18)16(23)21(17(19)24)11-15(22)20-7-8-25-14-6-4-3-5-13(14)20/h10,13-14H,2-8,11H2,1H3. The van der Waals surface area contributed by atoms with Crippen LogP contribution in [0.3, 0.4) is 0 Å². The highest BCUT2D eigenvalue weighted by atomic mass is 16.5. The zero-order valence-electron chi connectivity index (χ0n) is 14.3. The van der Waals surface area contributed by atoms with E-state index in [9.17, 15) is 14.4 Å². The van der Waals surface area contributed by atoms with Gasteiger partial charge in [-0.2, -0.15) is 5.26 Å². The van der Waals surface area contributed by atoms with Crippen molar-refractivity contribution in [2.75, 3.05) is 13.2 Å². The maximum atomic E-state index is 12.8. The summed E-state index contributed by atoms with van der Waals surface area (Å²) in [5.74, 6) is -0.267. The van der Waals surface area contributed by atoms with Crippen LogP contribution in [-0.4, -0.2) is 45.2 Å². The number of aromatic nitrogens is 2. The normalized spacial score (nSPS) is 23.0. The number of morpholine rings is 1. The molecule has 1 aromatic rings. The van der Waals surface area contributed by atoms with E-state index in [-0.39, 0.29) is 30.2 Å². The first-order valence-corrected chi connectivity index (χ1v) is 8.72. The Morgan fingerprint density at radius 3 is 2.84 bits per heavy atom. The number of nitrogens with zero attached hydrogens (tertiary/aromatic N) is 4. The molecular formula is C17H22N4O4. The first kappa shape index (κ1) is 17.4. The fourth-order valence-electron chi connectivity index (χ4n) is 3.73. The Morgan fingerprint density at radius 2 is 2.12 bits per heavy atom. The van der Waals surface area contributed by atoms with Crippen LogP contribution in [0.4, 0.5) is 0 Å². The number of hydrogen-bond acceptors (Lipinski definition) is 5. The predicted octanol–water partition coefficient (Wildman–Crippen LogP) is 0.0716. The molecule has 2 heterocycles. The van der Waals surface area contributed by atoms with Gasteiger partial charge in [0.05, 0.1) is 18.8 Å². The van der Waals surface area contributed by atoms with E-state index in [0.717, 1.165) is 30.3 Å². The van der Waals surface area contributed by atoms with E-state index in [1.165, 1.54) is 10.8 Å². The van der Waals surface area contributed by atoms with Gasteiger partial charge in [-0.1, -0.05) is 12.8 Å². The highest BCUT2D eigenvalue weighted by Gasteiger charge is 2.36. The second-order valence-corrected chi connectivity index (χ2v) is 6.46. The maximum absolute atomic E-state index is 12.8. The van der Waals surface area contributed by atoms with Gasteiger partial charge in [-0.05, 0) is 19.8 Å². The molecule has 0 bridgehead atoms. The third kappa shape index (κ3) is 3.24. The summed E-state index contributed by atoms with van der Waals surface area (Å²) in [5, 5.41) is 9.10. The number of hydrogen-bond donors (Lipinski definition) is 0. The highest BCUT2D eigenvalue weighted by molar-refractivity contribution is 5.76. The first-order valence-electron chi connectivity index (χ1n) is 8.72. The third-order valence-electron chi connectivity index (χ3n) is 5.04. The number of fused-ring (bicyclic) bond motifs is 1. The van der Waals surface area contributed by atoms with E-state index in [1.807, 2.05) is 0 Å². The van der Waals surface area contributed by atoms with Crippen LogP contribution in [0.25, 0.3) is 0 Å². The van der Waals surface area contributed by atoms with Crippen molar-refractivity contribution in [1.29, 1.82) is 5.26 Å². The first-order chi connectivity index (χ1) is 12.1. The Balaban J connectivity index is 1.89. The molecule has 2 atom stereocenters. The molecule has 25 heavy (non-hydrogen) atoms. The van der Waals surface area contributed by atoms with Crippen molar-refractivity contribution in [1.82, 2.24) is 14.0 Å². The van der Waals surface area contributed by atoms with E-state index in [0.29, 0.717) is 19.7 Å². The number of aryl methyl sites for hydroxylation is 1. The molecule has 0 radical (unpaired) electrons. The highest BCUT2D eigenvalue weighted by Crippen LogP contribution is 2.28. The molecule has 2 fully saturated rings. The van der Waals surface area contributed by atoms with Crippen molar-refractivity contribution in [2.24, 2.45) is 0 Å². The molecule has 2 unspecified atom stereocenters. The van der Waals surface area contributed by atoms with Gasteiger partial charge in [0.15, 0.2) is 0 Å². The zero-order chi connectivity index (χ0) is 18.0. The maximum Gasteiger partial charge on any atom is 0.331 e. The zero-order valence-corrected chi connectivity index (χ0v) is 14.3.